The van der Waals surface area contributed by atoms with E-state index in [0.29, 0.717) is 24.4 Å². The van der Waals surface area contributed by atoms with E-state index in [1.807, 2.05) is 0 Å². The van der Waals surface area contributed by atoms with E-state index in [4.69, 9.17) is 18.4 Å². The molecule has 0 atom stereocenters. The highest BCUT2D eigenvalue weighted by molar-refractivity contribution is 6.60. The zero-order valence-corrected chi connectivity index (χ0v) is 13.8. The molecule has 0 aliphatic carbocycles. The highest BCUT2D eigenvalue weighted by Crippen LogP contribution is 2.21. The minimum Gasteiger partial charge on any atom is -0.478 e. The molecule has 0 heterocycles. The molecule has 0 fully saturated rings. The van der Waals surface area contributed by atoms with Gasteiger partial charge >= 0.3 is 20.7 Å². The molecule has 0 saturated heterocycles. The molecule has 22 heavy (non-hydrogen) atoms. The standard InChI is InChI=1S/C14H20O7Si/c1-19-22(20-2,21-3)9-5-7-10-6-4-8-11(13(15)16)12(10)14(17)18/h4,6,8H,5,7,9H2,1-3H3,(H,15,16)(H,17,18). The monoisotopic (exact) mass is 328 g/mol. The maximum absolute atomic E-state index is 11.3. The van der Waals surface area contributed by atoms with Gasteiger partial charge in [0, 0.05) is 27.4 Å². The lowest BCUT2D eigenvalue weighted by atomic mass is 9.98. The van der Waals surface area contributed by atoms with Gasteiger partial charge in [0.2, 0.25) is 0 Å². The molecule has 8 heteroatoms. The van der Waals surface area contributed by atoms with Gasteiger partial charge in [0.1, 0.15) is 0 Å². The summed E-state index contributed by atoms with van der Waals surface area (Å²) in [5.41, 5.74) is 0.0897. The number of benzene rings is 1. The molecule has 0 amide bonds. The third kappa shape index (κ3) is 4.14. The van der Waals surface area contributed by atoms with Crippen LogP contribution in [0.4, 0.5) is 0 Å². The van der Waals surface area contributed by atoms with Crippen molar-refractivity contribution in [3.05, 3.63) is 34.9 Å². The molecule has 122 valence electrons. The Kier molecular flexibility index (Phi) is 6.69. The lowest BCUT2D eigenvalue weighted by Gasteiger charge is -2.24. The quantitative estimate of drug-likeness (QED) is 0.667. The predicted molar refractivity (Wildman–Crippen MR) is 80.3 cm³/mol. The van der Waals surface area contributed by atoms with Crippen molar-refractivity contribution in [2.45, 2.75) is 18.9 Å². The maximum Gasteiger partial charge on any atom is 0.500 e. The Balaban J connectivity index is 2.93. The number of hydrogen-bond acceptors (Lipinski definition) is 5. The molecular formula is C14H20O7Si. The van der Waals surface area contributed by atoms with Gasteiger partial charge in [-0.1, -0.05) is 12.1 Å². The fraction of sp³-hybridized carbons (Fsp3) is 0.429. The van der Waals surface area contributed by atoms with Gasteiger partial charge in [0.15, 0.2) is 0 Å². The highest BCUT2D eigenvalue weighted by Gasteiger charge is 2.37. The molecule has 1 rings (SSSR count). The lowest BCUT2D eigenvalue weighted by Crippen LogP contribution is -2.42. The summed E-state index contributed by atoms with van der Waals surface area (Å²) in [7, 11) is 1.81. The number of carboxylic acid groups (broad SMARTS) is 2. The van der Waals surface area contributed by atoms with Crippen LogP contribution >= 0.6 is 0 Å². The van der Waals surface area contributed by atoms with E-state index >= 15 is 0 Å². The average molecular weight is 328 g/mol. The molecule has 0 saturated carbocycles. The number of carbonyl (C=O) groups is 2. The van der Waals surface area contributed by atoms with Gasteiger partial charge in [-0.2, -0.15) is 0 Å². The van der Waals surface area contributed by atoms with Crippen LogP contribution in [0.25, 0.3) is 0 Å². The third-order valence-electron chi connectivity index (χ3n) is 3.46. The van der Waals surface area contributed by atoms with Gasteiger partial charge in [0.05, 0.1) is 11.1 Å². The Labute approximate surface area is 129 Å². The minimum absolute atomic E-state index is 0.172. The van der Waals surface area contributed by atoms with Crippen LogP contribution in [0.1, 0.15) is 32.7 Å². The van der Waals surface area contributed by atoms with E-state index in [9.17, 15) is 14.7 Å². The van der Waals surface area contributed by atoms with Crippen molar-refractivity contribution in [3.63, 3.8) is 0 Å². The SMILES string of the molecule is CO[Si](CCCc1cccc(C(=O)O)c1C(=O)O)(OC)OC. The Morgan fingerprint density at radius 1 is 1.05 bits per heavy atom. The number of hydrogen-bond donors (Lipinski definition) is 2. The van der Waals surface area contributed by atoms with Crippen LogP contribution in [-0.4, -0.2) is 52.3 Å². The smallest absolute Gasteiger partial charge is 0.478 e. The van der Waals surface area contributed by atoms with E-state index in [1.165, 1.54) is 27.4 Å². The van der Waals surface area contributed by atoms with Crippen molar-refractivity contribution in [2.75, 3.05) is 21.3 Å². The summed E-state index contributed by atoms with van der Waals surface area (Å²) in [6, 6.07) is 4.95. The third-order valence-corrected chi connectivity index (χ3v) is 6.29. The van der Waals surface area contributed by atoms with Crippen molar-refractivity contribution in [3.8, 4) is 0 Å². The van der Waals surface area contributed by atoms with Crippen molar-refractivity contribution in [2.24, 2.45) is 0 Å². The van der Waals surface area contributed by atoms with Crippen molar-refractivity contribution in [1.82, 2.24) is 0 Å². The molecule has 0 bridgehead atoms. The summed E-state index contributed by atoms with van der Waals surface area (Å²) in [6.07, 6.45) is 0.957. The molecule has 2 N–H and O–H groups in total. The van der Waals surface area contributed by atoms with E-state index in [2.05, 4.69) is 0 Å². The van der Waals surface area contributed by atoms with Crippen molar-refractivity contribution in [1.29, 1.82) is 0 Å². The summed E-state index contributed by atoms with van der Waals surface area (Å²) in [4.78, 5) is 22.5. The first-order valence-corrected chi connectivity index (χ1v) is 8.58. The molecule has 0 aromatic heterocycles. The Hall–Kier alpha value is -1.74. The second-order valence-corrected chi connectivity index (χ2v) is 7.69. The number of rotatable bonds is 9. The van der Waals surface area contributed by atoms with Gasteiger partial charge in [-0.05, 0) is 24.5 Å². The largest absolute Gasteiger partial charge is 0.500 e. The molecule has 7 nitrogen and oxygen atoms in total. The minimum atomic E-state index is -2.71. The Morgan fingerprint density at radius 2 is 1.64 bits per heavy atom. The normalized spacial score (nSPS) is 11.4. The van der Waals surface area contributed by atoms with Crippen molar-refractivity contribution < 1.29 is 33.1 Å². The number of aromatic carboxylic acids is 2. The van der Waals surface area contributed by atoms with Gasteiger partial charge in [-0.15, -0.1) is 0 Å². The molecule has 0 aliphatic rings. The Bertz CT molecular complexity index is 532. The second-order valence-electron chi connectivity index (χ2n) is 4.60. The fourth-order valence-electron chi connectivity index (χ4n) is 2.29. The summed E-state index contributed by atoms with van der Waals surface area (Å²) in [6.45, 7) is 0. The van der Waals surface area contributed by atoms with E-state index in [0.717, 1.165) is 0 Å². The second kappa shape index (κ2) is 8.04. The Morgan fingerprint density at radius 3 is 2.09 bits per heavy atom. The zero-order valence-electron chi connectivity index (χ0n) is 12.8. The van der Waals surface area contributed by atoms with E-state index < -0.39 is 20.7 Å². The first-order chi connectivity index (χ1) is 10.4. The van der Waals surface area contributed by atoms with Crippen molar-refractivity contribution >= 4 is 20.7 Å². The maximum atomic E-state index is 11.3. The van der Waals surface area contributed by atoms with Crippen LogP contribution in [0.2, 0.25) is 6.04 Å². The van der Waals surface area contributed by atoms with Gasteiger partial charge in [0.25, 0.3) is 0 Å². The van der Waals surface area contributed by atoms with Crippen LogP contribution in [0, 0.1) is 0 Å². The fourth-order valence-corrected chi connectivity index (χ4v) is 4.01. The number of carboxylic acids is 2. The molecule has 1 aromatic carbocycles. The number of aryl methyl sites for hydroxylation is 1. The zero-order chi connectivity index (χ0) is 16.8. The lowest BCUT2D eigenvalue weighted by molar-refractivity contribution is 0.0650. The molecule has 0 aliphatic heterocycles. The van der Waals surface area contributed by atoms with Crippen LogP contribution < -0.4 is 0 Å². The first-order valence-electron chi connectivity index (χ1n) is 6.64. The molecule has 0 radical (unpaired) electrons. The van der Waals surface area contributed by atoms with Gasteiger partial charge in [-0.3, -0.25) is 0 Å². The van der Waals surface area contributed by atoms with Crippen LogP contribution in [-0.2, 0) is 19.7 Å². The van der Waals surface area contributed by atoms with E-state index in [-0.39, 0.29) is 11.1 Å². The summed E-state index contributed by atoms with van der Waals surface area (Å²) in [5.74, 6) is -2.50. The van der Waals surface area contributed by atoms with Crippen LogP contribution in [0.15, 0.2) is 18.2 Å². The van der Waals surface area contributed by atoms with Crippen LogP contribution in [0.3, 0.4) is 0 Å². The summed E-state index contributed by atoms with van der Waals surface area (Å²) >= 11 is 0. The molecule has 0 spiro atoms. The average Bonchev–Trinajstić information content (AvgIpc) is 2.51. The summed E-state index contributed by atoms with van der Waals surface area (Å²) < 4.78 is 15.9. The first kappa shape index (κ1) is 18.3. The molecular weight excluding hydrogens is 308 g/mol. The van der Waals surface area contributed by atoms with Gasteiger partial charge in [-0.25, -0.2) is 9.59 Å². The van der Waals surface area contributed by atoms with E-state index in [1.54, 1.807) is 12.1 Å². The van der Waals surface area contributed by atoms with Crippen LogP contribution in [0.5, 0.6) is 0 Å². The predicted octanol–water partition coefficient (Wildman–Crippen LogP) is 1.89. The molecule has 0 unspecified atom stereocenters. The topological polar surface area (TPSA) is 102 Å². The molecule has 1 aromatic rings. The summed E-state index contributed by atoms with van der Waals surface area (Å²) in [5, 5.41) is 18.4. The van der Waals surface area contributed by atoms with Gasteiger partial charge < -0.3 is 23.5 Å². The highest BCUT2D eigenvalue weighted by atomic mass is 28.4.